The van der Waals surface area contributed by atoms with Gasteiger partial charge in [-0.15, -0.1) is 0 Å². The molecule has 2 unspecified atom stereocenters. The van der Waals surface area contributed by atoms with Crippen LogP contribution in [-0.2, 0) is 4.74 Å². The van der Waals surface area contributed by atoms with Gasteiger partial charge in [0.2, 0.25) is 0 Å². The Hall–Kier alpha value is 0.177. The molecule has 1 aliphatic rings. The van der Waals surface area contributed by atoms with E-state index in [4.69, 9.17) is 4.74 Å². The first-order valence-corrected chi connectivity index (χ1v) is 21.1. The molecule has 0 aliphatic carbocycles. The van der Waals surface area contributed by atoms with Crippen molar-refractivity contribution in [2.24, 2.45) is 0 Å². The molecule has 1 aliphatic heterocycles. The topological polar surface area (TPSA) is 9.23 Å². The van der Waals surface area contributed by atoms with Crippen molar-refractivity contribution in [1.82, 2.24) is 0 Å². The molecule has 228 valence electrons. The Morgan fingerprint density at radius 1 is 0.447 bits per heavy atom. The van der Waals surface area contributed by atoms with Crippen LogP contribution in [0.5, 0.6) is 0 Å². The lowest BCUT2D eigenvalue weighted by molar-refractivity contribution is 0.0625. The van der Waals surface area contributed by atoms with Gasteiger partial charge in [-0.2, -0.15) is 0 Å². The van der Waals surface area contributed by atoms with Crippen molar-refractivity contribution in [2.75, 3.05) is 6.61 Å². The Balaban J connectivity index is 1.64. The predicted octanol–water partition coefficient (Wildman–Crippen LogP) is 12.9. The van der Waals surface area contributed by atoms with Gasteiger partial charge in [-0.3, -0.25) is 0 Å². The summed E-state index contributed by atoms with van der Waals surface area (Å²) in [4.78, 5) is 0. The molecule has 38 heavy (non-hydrogen) atoms. The molecule has 1 nitrogen and oxygen atoms in total. The van der Waals surface area contributed by atoms with Gasteiger partial charge in [0.25, 0.3) is 0 Å². The molecule has 0 aromatic rings. The van der Waals surface area contributed by atoms with E-state index >= 15 is 0 Å². The highest BCUT2D eigenvalue weighted by molar-refractivity contribution is 6.58. The molecular formula is C36H74OSi. The molecule has 0 amide bonds. The summed E-state index contributed by atoms with van der Waals surface area (Å²) in [5, 5.41) is 0. The molecule has 0 aromatic heterocycles. The standard InChI is InChI=1S/C36H74OSi/c1-3-4-5-6-7-8-9-10-11-12-13-14-15-16-17-18-19-20-21-22-23-24-25-26-27-28-29-32-35-38(2)36-33-30-31-34-37-36/h36,38H,3-35H2,1-2H3. The summed E-state index contributed by atoms with van der Waals surface area (Å²) >= 11 is 0. The van der Waals surface area contributed by atoms with Crippen molar-refractivity contribution in [3.05, 3.63) is 0 Å². The van der Waals surface area contributed by atoms with Crippen LogP contribution in [0.1, 0.15) is 206 Å². The number of hydrogen-bond donors (Lipinski definition) is 0. The Bertz CT molecular complexity index is 433. The normalized spacial score (nSPS) is 16.7. The fraction of sp³-hybridized carbons (Fsp3) is 1.00. The van der Waals surface area contributed by atoms with Crippen LogP contribution in [0.25, 0.3) is 0 Å². The van der Waals surface area contributed by atoms with Gasteiger partial charge < -0.3 is 4.74 Å². The average molecular weight is 551 g/mol. The minimum atomic E-state index is -0.612. The highest BCUT2D eigenvalue weighted by Crippen LogP contribution is 2.20. The fourth-order valence-electron chi connectivity index (χ4n) is 6.54. The summed E-state index contributed by atoms with van der Waals surface area (Å²) in [6, 6.07) is 1.52. The third kappa shape index (κ3) is 25.2. The molecule has 0 radical (unpaired) electrons. The van der Waals surface area contributed by atoms with Crippen LogP contribution in [0.15, 0.2) is 0 Å². The molecule has 0 N–H and O–H groups in total. The first kappa shape index (κ1) is 36.2. The van der Waals surface area contributed by atoms with Crippen LogP contribution in [0, 0.1) is 0 Å². The summed E-state index contributed by atoms with van der Waals surface area (Å²) in [7, 11) is -0.612. The summed E-state index contributed by atoms with van der Waals surface area (Å²) in [6.07, 6.45) is 45.6. The zero-order valence-corrected chi connectivity index (χ0v) is 28.1. The second-order valence-corrected chi connectivity index (χ2v) is 16.5. The van der Waals surface area contributed by atoms with E-state index in [0.717, 1.165) is 6.61 Å². The van der Waals surface area contributed by atoms with Crippen LogP contribution in [0.4, 0.5) is 0 Å². The van der Waals surface area contributed by atoms with Gasteiger partial charge >= 0.3 is 0 Å². The van der Waals surface area contributed by atoms with Crippen molar-refractivity contribution in [2.45, 2.75) is 224 Å². The minimum Gasteiger partial charge on any atom is -0.382 e. The third-order valence-corrected chi connectivity index (χ3v) is 12.5. The average Bonchev–Trinajstić information content (AvgIpc) is 2.95. The van der Waals surface area contributed by atoms with E-state index in [1.54, 1.807) is 0 Å². The van der Waals surface area contributed by atoms with E-state index in [1.807, 2.05) is 0 Å². The maximum atomic E-state index is 6.01. The summed E-state index contributed by atoms with van der Waals surface area (Å²) in [6.45, 7) is 5.90. The highest BCUT2D eigenvalue weighted by atomic mass is 28.3. The van der Waals surface area contributed by atoms with Crippen molar-refractivity contribution in [1.29, 1.82) is 0 Å². The monoisotopic (exact) mass is 551 g/mol. The lowest BCUT2D eigenvalue weighted by atomic mass is 10.0. The second-order valence-electron chi connectivity index (χ2n) is 13.2. The molecule has 1 saturated heterocycles. The molecule has 0 saturated carbocycles. The van der Waals surface area contributed by atoms with E-state index in [-0.39, 0.29) is 0 Å². The van der Waals surface area contributed by atoms with Crippen LogP contribution >= 0.6 is 0 Å². The molecule has 0 spiro atoms. The highest BCUT2D eigenvalue weighted by Gasteiger charge is 2.21. The molecular weight excluding hydrogens is 476 g/mol. The Morgan fingerprint density at radius 3 is 1.05 bits per heavy atom. The van der Waals surface area contributed by atoms with Crippen molar-refractivity contribution < 1.29 is 4.74 Å². The van der Waals surface area contributed by atoms with Crippen molar-refractivity contribution >= 4 is 8.80 Å². The van der Waals surface area contributed by atoms with Crippen molar-refractivity contribution in [3.63, 3.8) is 0 Å². The summed E-state index contributed by atoms with van der Waals surface area (Å²) in [5.41, 5.74) is 0.706. The zero-order valence-electron chi connectivity index (χ0n) is 26.9. The number of ether oxygens (including phenoxy) is 1. The zero-order chi connectivity index (χ0) is 27.2. The van der Waals surface area contributed by atoms with Gasteiger partial charge in [0, 0.05) is 12.3 Å². The van der Waals surface area contributed by atoms with Crippen molar-refractivity contribution in [3.8, 4) is 0 Å². The molecule has 2 atom stereocenters. The van der Waals surface area contributed by atoms with E-state index in [1.165, 1.54) is 205 Å². The number of unbranched alkanes of at least 4 members (excludes halogenated alkanes) is 27. The van der Waals surface area contributed by atoms with Crippen LogP contribution in [-0.4, -0.2) is 21.1 Å². The smallest absolute Gasteiger partial charge is 0.0686 e. The van der Waals surface area contributed by atoms with Crippen LogP contribution < -0.4 is 0 Å². The SMILES string of the molecule is CCCCCCCCCCCCCCCCCCCCCCCCCCCCCC[SiH](C)C1CCCCO1. The molecule has 1 heterocycles. The number of rotatable bonds is 30. The van der Waals surface area contributed by atoms with E-state index in [2.05, 4.69) is 13.5 Å². The maximum absolute atomic E-state index is 6.01. The van der Waals surface area contributed by atoms with Gasteiger partial charge in [-0.25, -0.2) is 0 Å². The maximum Gasteiger partial charge on any atom is 0.0686 e. The first-order chi connectivity index (χ1) is 18.8. The van der Waals surface area contributed by atoms with Gasteiger partial charge in [-0.05, 0) is 19.3 Å². The Kier molecular flexibility index (Phi) is 28.7. The molecule has 0 bridgehead atoms. The quantitative estimate of drug-likeness (QED) is 0.0638. The molecule has 2 heteroatoms. The predicted molar refractivity (Wildman–Crippen MR) is 176 cm³/mol. The van der Waals surface area contributed by atoms with Crippen LogP contribution in [0.2, 0.25) is 12.6 Å². The molecule has 0 aromatic carbocycles. The second kappa shape index (κ2) is 30.1. The van der Waals surface area contributed by atoms with E-state index in [9.17, 15) is 0 Å². The molecule has 1 fully saturated rings. The van der Waals surface area contributed by atoms with E-state index < -0.39 is 8.80 Å². The fourth-order valence-corrected chi connectivity index (χ4v) is 9.11. The lowest BCUT2D eigenvalue weighted by Gasteiger charge is -2.27. The van der Waals surface area contributed by atoms with Crippen LogP contribution in [0.3, 0.4) is 0 Å². The Morgan fingerprint density at radius 2 is 0.763 bits per heavy atom. The number of hydrogen-bond acceptors (Lipinski definition) is 1. The van der Waals surface area contributed by atoms with Gasteiger partial charge in [0.1, 0.15) is 0 Å². The minimum absolute atomic E-state index is 0.612. The largest absolute Gasteiger partial charge is 0.382 e. The lowest BCUT2D eigenvalue weighted by Crippen LogP contribution is -2.33. The van der Waals surface area contributed by atoms with Gasteiger partial charge in [0.05, 0.1) is 8.80 Å². The Labute approximate surface area is 244 Å². The summed E-state index contributed by atoms with van der Waals surface area (Å²) < 4.78 is 6.01. The van der Waals surface area contributed by atoms with E-state index in [0.29, 0.717) is 5.73 Å². The first-order valence-electron chi connectivity index (χ1n) is 18.5. The van der Waals surface area contributed by atoms with Gasteiger partial charge in [0.15, 0.2) is 0 Å². The molecule has 1 rings (SSSR count). The third-order valence-electron chi connectivity index (χ3n) is 9.36. The van der Waals surface area contributed by atoms with Gasteiger partial charge in [-0.1, -0.05) is 199 Å². The summed E-state index contributed by atoms with van der Waals surface area (Å²) in [5.74, 6) is 0.